The van der Waals surface area contributed by atoms with Crippen molar-refractivity contribution >= 4 is 12.1 Å². The van der Waals surface area contributed by atoms with E-state index in [0.717, 1.165) is 28.5 Å². The number of Topliss-reactive ketones (excluding diaryl/α,β-unsaturated/α-hetero) is 1. The van der Waals surface area contributed by atoms with E-state index < -0.39 is 11.3 Å². The molecule has 0 saturated heterocycles. The molecule has 0 N–H and O–H groups in total. The summed E-state index contributed by atoms with van der Waals surface area (Å²) in [6.45, 7) is 4.30. The monoisotopic (exact) mass is 536 g/mol. The number of carbonyl (C=O) groups is 2. The second-order valence-electron chi connectivity index (χ2n) is 9.84. The number of aryl methyl sites for hydroxylation is 1. The van der Waals surface area contributed by atoms with E-state index in [1.54, 1.807) is 20.3 Å². The Morgan fingerprint density at radius 1 is 0.850 bits per heavy atom. The van der Waals surface area contributed by atoms with E-state index in [9.17, 15) is 9.59 Å². The Hall–Kier alpha value is -4.38. The van der Waals surface area contributed by atoms with Gasteiger partial charge in [-0.05, 0) is 53.8 Å². The van der Waals surface area contributed by atoms with Gasteiger partial charge in [0.15, 0.2) is 5.78 Å². The first-order valence-corrected chi connectivity index (χ1v) is 13.5. The van der Waals surface area contributed by atoms with Gasteiger partial charge in [0.25, 0.3) is 0 Å². The van der Waals surface area contributed by atoms with E-state index in [0.29, 0.717) is 35.8 Å². The number of hydrogen-bond acceptors (Lipinski definition) is 5. The second kappa shape index (κ2) is 13.1. The van der Waals surface area contributed by atoms with Crippen LogP contribution in [0.4, 0.5) is 0 Å². The fourth-order valence-corrected chi connectivity index (χ4v) is 5.62. The maximum absolute atomic E-state index is 15.0. The third kappa shape index (κ3) is 5.79. The quantitative estimate of drug-likeness (QED) is 0.131. The lowest BCUT2D eigenvalue weighted by molar-refractivity contribution is -0.108. The van der Waals surface area contributed by atoms with Crippen LogP contribution in [0.3, 0.4) is 0 Å². The van der Waals surface area contributed by atoms with Crippen molar-refractivity contribution in [3.63, 3.8) is 0 Å². The van der Waals surface area contributed by atoms with Crippen LogP contribution in [0, 0.1) is 6.92 Å². The van der Waals surface area contributed by atoms with Gasteiger partial charge in [-0.2, -0.15) is 0 Å². The standard InChI is InChI=1S/C35H36O5/c1-5-35(28-16-18-29(38-3)19-17-28,31(20-21-36)27-14-10-7-11-15-27)34(37)33-25(2)22-30(23-32(33)39-4)40-24-26-12-8-6-9-13-26/h6-19,21-23,31H,5,20,24H2,1-4H3. The van der Waals surface area contributed by atoms with Crippen LogP contribution in [0.2, 0.25) is 0 Å². The molecule has 0 aliphatic rings. The largest absolute Gasteiger partial charge is 0.497 e. The highest BCUT2D eigenvalue weighted by Crippen LogP contribution is 2.48. The minimum Gasteiger partial charge on any atom is -0.497 e. The number of ether oxygens (including phenoxy) is 3. The van der Waals surface area contributed by atoms with Crippen LogP contribution in [-0.4, -0.2) is 26.3 Å². The van der Waals surface area contributed by atoms with Crippen molar-refractivity contribution in [3.05, 3.63) is 125 Å². The van der Waals surface area contributed by atoms with Crippen molar-refractivity contribution in [1.29, 1.82) is 0 Å². The van der Waals surface area contributed by atoms with Gasteiger partial charge < -0.3 is 19.0 Å². The first kappa shape index (κ1) is 28.6. The molecule has 206 valence electrons. The Labute approximate surface area is 236 Å². The topological polar surface area (TPSA) is 61.8 Å². The molecule has 0 spiro atoms. The molecule has 2 atom stereocenters. The Morgan fingerprint density at radius 2 is 1.50 bits per heavy atom. The number of benzene rings is 4. The van der Waals surface area contributed by atoms with Crippen molar-refractivity contribution in [2.75, 3.05) is 14.2 Å². The lowest BCUT2D eigenvalue weighted by Gasteiger charge is -2.40. The van der Waals surface area contributed by atoms with Crippen molar-refractivity contribution in [2.24, 2.45) is 0 Å². The zero-order chi connectivity index (χ0) is 28.5. The van der Waals surface area contributed by atoms with Crippen LogP contribution < -0.4 is 14.2 Å². The molecule has 4 aromatic carbocycles. The van der Waals surface area contributed by atoms with Gasteiger partial charge in [0.1, 0.15) is 30.1 Å². The third-order valence-corrected chi connectivity index (χ3v) is 7.66. The smallest absolute Gasteiger partial charge is 0.177 e. The van der Waals surface area contributed by atoms with Crippen LogP contribution in [0.25, 0.3) is 0 Å². The normalized spacial score (nSPS) is 13.1. The van der Waals surface area contributed by atoms with E-state index in [4.69, 9.17) is 14.2 Å². The van der Waals surface area contributed by atoms with Gasteiger partial charge in [-0.15, -0.1) is 0 Å². The number of rotatable bonds is 13. The maximum atomic E-state index is 15.0. The van der Waals surface area contributed by atoms with Crippen molar-refractivity contribution in [2.45, 2.75) is 44.6 Å². The molecule has 0 aromatic heterocycles. The van der Waals surface area contributed by atoms with Crippen molar-refractivity contribution < 1.29 is 23.8 Å². The van der Waals surface area contributed by atoms with Crippen molar-refractivity contribution in [1.82, 2.24) is 0 Å². The molecule has 0 heterocycles. The van der Waals surface area contributed by atoms with Crippen LogP contribution in [0.5, 0.6) is 17.2 Å². The summed E-state index contributed by atoms with van der Waals surface area (Å²) in [7, 11) is 3.18. The molecule has 40 heavy (non-hydrogen) atoms. The summed E-state index contributed by atoms with van der Waals surface area (Å²) >= 11 is 0. The molecule has 4 aromatic rings. The highest BCUT2D eigenvalue weighted by Gasteiger charge is 2.47. The number of hydrogen-bond donors (Lipinski definition) is 0. The summed E-state index contributed by atoms with van der Waals surface area (Å²) in [6, 6.07) is 30.9. The Bertz CT molecular complexity index is 1410. The molecular formula is C35H36O5. The van der Waals surface area contributed by atoms with Gasteiger partial charge in [0.05, 0.1) is 25.2 Å². The number of aldehydes is 1. The molecule has 0 aliphatic heterocycles. The zero-order valence-corrected chi connectivity index (χ0v) is 23.6. The zero-order valence-electron chi connectivity index (χ0n) is 23.6. The fraction of sp³-hybridized carbons (Fsp3) is 0.257. The molecule has 0 bridgehead atoms. The summed E-state index contributed by atoms with van der Waals surface area (Å²) in [5, 5.41) is 0. The van der Waals surface area contributed by atoms with E-state index >= 15 is 0 Å². The average molecular weight is 537 g/mol. The van der Waals surface area contributed by atoms with E-state index in [2.05, 4.69) is 0 Å². The SMILES string of the molecule is CCC(C(=O)c1c(C)cc(OCc2ccccc2)cc1OC)(c1ccc(OC)cc1)C(CC=O)c1ccccc1. The number of carbonyl (C=O) groups excluding carboxylic acids is 2. The summed E-state index contributed by atoms with van der Waals surface area (Å²) in [4.78, 5) is 27.1. The molecule has 4 rings (SSSR count). The molecule has 0 amide bonds. The molecule has 0 radical (unpaired) electrons. The average Bonchev–Trinajstić information content (AvgIpc) is 3.00. The fourth-order valence-electron chi connectivity index (χ4n) is 5.62. The predicted octanol–water partition coefficient (Wildman–Crippen LogP) is 7.49. The number of ketones is 1. The highest BCUT2D eigenvalue weighted by molar-refractivity contribution is 6.08. The van der Waals surface area contributed by atoms with Gasteiger partial charge in [0.2, 0.25) is 0 Å². The van der Waals surface area contributed by atoms with Crippen molar-refractivity contribution in [3.8, 4) is 17.2 Å². The van der Waals surface area contributed by atoms with Crippen LogP contribution in [0.1, 0.15) is 58.3 Å². The molecular weight excluding hydrogens is 500 g/mol. The predicted molar refractivity (Wildman–Crippen MR) is 158 cm³/mol. The minimum atomic E-state index is -1.04. The lowest BCUT2D eigenvalue weighted by Crippen LogP contribution is -2.42. The molecule has 0 aliphatic carbocycles. The van der Waals surface area contributed by atoms with Crippen LogP contribution in [0.15, 0.2) is 97.1 Å². The summed E-state index contributed by atoms with van der Waals surface area (Å²) in [5.74, 6) is 1.27. The van der Waals surface area contributed by atoms with Crippen LogP contribution >= 0.6 is 0 Å². The lowest BCUT2D eigenvalue weighted by atomic mass is 9.61. The highest BCUT2D eigenvalue weighted by atomic mass is 16.5. The van der Waals surface area contributed by atoms with E-state index in [1.807, 2.05) is 105 Å². The van der Waals surface area contributed by atoms with E-state index in [1.165, 1.54) is 0 Å². The van der Waals surface area contributed by atoms with Gasteiger partial charge in [-0.1, -0.05) is 79.7 Å². The third-order valence-electron chi connectivity index (χ3n) is 7.66. The number of methoxy groups -OCH3 is 2. The Kier molecular flexibility index (Phi) is 9.39. The second-order valence-corrected chi connectivity index (χ2v) is 9.84. The first-order chi connectivity index (χ1) is 19.5. The van der Waals surface area contributed by atoms with Gasteiger partial charge in [-0.3, -0.25) is 4.79 Å². The summed E-state index contributed by atoms with van der Waals surface area (Å²) in [6.07, 6.45) is 1.57. The van der Waals surface area contributed by atoms with Crippen LogP contribution in [-0.2, 0) is 16.8 Å². The first-order valence-electron chi connectivity index (χ1n) is 13.5. The van der Waals surface area contributed by atoms with Gasteiger partial charge in [0, 0.05) is 18.4 Å². The molecule has 5 nitrogen and oxygen atoms in total. The molecule has 0 saturated carbocycles. The van der Waals surface area contributed by atoms with Gasteiger partial charge >= 0.3 is 0 Å². The van der Waals surface area contributed by atoms with Gasteiger partial charge in [-0.25, -0.2) is 0 Å². The molecule has 0 fully saturated rings. The Morgan fingerprint density at radius 3 is 2.08 bits per heavy atom. The molecule has 2 unspecified atom stereocenters. The maximum Gasteiger partial charge on any atom is 0.177 e. The summed E-state index contributed by atoms with van der Waals surface area (Å²) in [5.41, 5.74) is 2.99. The van der Waals surface area contributed by atoms with E-state index in [-0.39, 0.29) is 12.2 Å². The molecule has 5 heteroatoms. The minimum absolute atomic E-state index is 0.0974. The summed E-state index contributed by atoms with van der Waals surface area (Å²) < 4.78 is 17.3. The Balaban J connectivity index is 1.86.